The summed E-state index contributed by atoms with van der Waals surface area (Å²) in [6, 6.07) is -17.7. The molecule has 0 bridgehead atoms. The molecule has 0 aromatic rings. The highest BCUT2D eigenvalue weighted by Gasteiger charge is 2.45. The maximum Gasteiger partial charge on any atom is 0.326 e. The van der Waals surface area contributed by atoms with Gasteiger partial charge in [-0.15, -0.1) is 0 Å². The van der Waals surface area contributed by atoms with Gasteiger partial charge in [-0.05, 0) is 116 Å². The van der Waals surface area contributed by atoms with Gasteiger partial charge in [0.2, 0.25) is 82.7 Å². The summed E-state index contributed by atoms with van der Waals surface area (Å²) in [4.78, 5) is 234. The van der Waals surface area contributed by atoms with E-state index in [1.54, 1.807) is 41.5 Å². The third-order valence-electron chi connectivity index (χ3n) is 17.9. The highest BCUT2D eigenvalue weighted by atomic mass is 16.4. The van der Waals surface area contributed by atoms with Crippen LogP contribution >= 0.6 is 0 Å². The van der Waals surface area contributed by atoms with Gasteiger partial charge in [0.15, 0.2) is 5.96 Å². The fourth-order valence-corrected chi connectivity index (χ4v) is 12.3. The smallest absolute Gasteiger partial charge is 0.326 e. The van der Waals surface area contributed by atoms with Crippen molar-refractivity contribution in [3.63, 3.8) is 0 Å². The monoisotopic (exact) mass is 1440 g/mol. The molecule has 0 aromatic carbocycles. The standard InChI is InChI=1S/C64H104N18O20/c1-30(2)26-38(54(92)76-40(63(101)102)28-47(86)87)75-57(95)44-20-15-25-82(44)62(100)49(32(5)6)78-59(97)48(31(3)4)77-58(96)41-17-12-22-79(41)45(83)29-69-50(88)33(7)70-55(93)42-18-13-23-80(42)60(98)35(9)72-51(89)34(8)71-56(94)43-19-14-24-81(43)61(99)36(10)73-53(91)39(27-46(84)85)74-52(90)37(65)16-11-21-68-64(66)67/h30-44,48-49H,11-29,65H2,1-10H3,(H,69,88)(H,70,93)(H,71,94)(H,72,89)(H,73,91)(H,74,90)(H,75,95)(H,76,92)(H,77,96)(H,78,97)(H,84,85)(H,86,87)(H,101,102)(H4,66,67,68)/t33-,34-,35-,36-,37-,38-,39-,40-,41-,42-,43-,44-,48-,49-/m0/s1. The minimum atomic E-state index is -1.78. The summed E-state index contributed by atoms with van der Waals surface area (Å²) in [5.74, 6) is -16.6. The van der Waals surface area contributed by atoms with Crippen LogP contribution < -0.4 is 70.4 Å². The van der Waals surface area contributed by atoms with E-state index >= 15 is 0 Å². The SMILES string of the molecule is CC(C)C[C@H](NC(=O)[C@@H]1CCCN1C(=O)[C@@H](NC(=O)[C@@H](NC(=O)[C@@H]1CCCN1C(=O)CNC(=O)[C@H](C)NC(=O)[C@@H]1CCCN1C(=O)[C@H](C)NC(=O)[C@H](C)NC(=O)[C@@H]1CCCN1C(=O)[C@H](C)NC(=O)[C@H](CC(=O)O)NC(=O)[C@@H](N)CCCN=C(N)N)C(C)C)C(C)C)C(=O)N[C@@H](CC(=O)O)C(=O)O. The summed E-state index contributed by atoms with van der Waals surface area (Å²) in [5, 5.41) is 53.2. The van der Waals surface area contributed by atoms with Gasteiger partial charge in [0.25, 0.3) is 0 Å². The Labute approximate surface area is 590 Å². The Morgan fingerprint density at radius 3 is 1.30 bits per heavy atom. The second-order valence-electron chi connectivity index (χ2n) is 27.3. The van der Waals surface area contributed by atoms with Crippen LogP contribution in [-0.4, -0.2) is 265 Å². The Morgan fingerprint density at radius 1 is 0.431 bits per heavy atom. The molecule has 102 heavy (non-hydrogen) atoms. The van der Waals surface area contributed by atoms with Crippen molar-refractivity contribution >= 4 is 107 Å². The number of likely N-dealkylation sites (tertiary alicyclic amines) is 4. The van der Waals surface area contributed by atoms with Crippen LogP contribution in [0.25, 0.3) is 0 Å². The van der Waals surface area contributed by atoms with Crippen LogP contribution in [0, 0.1) is 17.8 Å². The number of carboxylic acids is 3. The molecule has 4 aliphatic heterocycles. The second kappa shape index (κ2) is 39.4. The van der Waals surface area contributed by atoms with Crippen LogP contribution in [-0.2, 0) is 81.5 Å². The van der Waals surface area contributed by atoms with Crippen molar-refractivity contribution in [1.29, 1.82) is 0 Å². The number of guanidine groups is 1. The van der Waals surface area contributed by atoms with Gasteiger partial charge in [-0.2, -0.15) is 0 Å². The van der Waals surface area contributed by atoms with Crippen molar-refractivity contribution in [2.45, 2.75) is 237 Å². The van der Waals surface area contributed by atoms with Gasteiger partial charge < -0.3 is 105 Å². The first-order valence-corrected chi connectivity index (χ1v) is 34.5. The number of aliphatic imine (C=N–C) groups is 1. The Hall–Kier alpha value is -9.78. The molecule has 0 unspecified atom stereocenters. The van der Waals surface area contributed by atoms with Gasteiger partial charge in [-0.1, -0.05) is 41.5 Å². The van der Waals surface area contributed by atoms with Crippen molar-refractivity contribution in [3.8, 4) is 0 Å². The van der Waals surface area contributed by atoms with E-state index < -0.39 is 216 Å². The average molecular weight is 1450 g/mol. The van der Waals surface area contributed by atoms with Gasteiger partial charge in [0.05, 0.1) is 25.4 Å². The molecule has 0 aromatic heterocycles. The van der Waals surface area contributed by atoms with Crippen LogP contribution in [0.2, 0.25) is 0 Å². The number of carbonyl (C=O) groups is 17. The number of rotatable bonds is 37. The molecular weight excluding hydrogens is 1340 g/mol. The third-order valence-corrected chi connectivity index (χ3v) is 17.9. The van der Waals surface area contributed by atoms with Crippen LogP contribution in [0.5, 0.6) is 0 Å². The zero-order chi connectivity index (χ0) is 76.7. The molecule has 38 heteroatoms. The Kier molecular flexibility index (Phi) is 32.7. The summed E-state index contributed by atoms with van der Waals surface area (Å²) in [6.07, 6.45) is 0.892. The predicted octanol–water partition coefficient (Wildman–Crippen LogP) is -5.72. The van der Waals surface area contributed by atoms with E-state index in [4.69, 9.17) is 17.2 Å². The number of hydrogen-bond acceptors (Lipinski definition) is 19. The topological polar surface area (TPSA) is 575 Å². The van der Waals surface area contributed by atoms with Crippen LogP contribution in [0.3, 0.4) is 0 Å². The van der Waals surface area contributed by atoms with Crippen molar-refractivity contribution < 1.29 is 96.8 Å². The van der Waals surface area contributed by atoms with Gasteiger partial charge in [0.1, 0.15) is 78.5 Å². The maximum atomic E-state index is 14.3. The molecule has 14 amide bonds. The van der Waals surface area contributed by atoms with Crippen LogP contribution in [0.4, 0.5) is 0 Å². The first-order chi connectivity index (χ1) is 47.7. The van der Waals surface area contributed by atoms with Gasteiger partial charge >= 0.3 is 17.9 Å². The molecule has 38 nitrogen and oxygen atoms in total. The molecular formula is C64H104N18O20. The van der Waals surface area contributed by atoms with Gasteiger partial charge in [0, 0.05) is 32.7 Å². The van der Waals surface area contributed by atoms with Crippen LogP contribution in [0.1, 0.15) is 153 Å². The molecule has 0 saturated carbocycles. The Morgan fingerprint density at radius 2 is 0.843 bits per heavy atom. The second-order valence-corrected chi connectivity index (χ2v) is 27.3. The van der Waals surface area contributed by atoms with Crippen molar-refractivity contribution in [3.05, 3.63) is 0 Å². The highest BCUT2D eigenvalue weighted by molar-refractivity contribution is 6.01. The van der Waals surface area contributed by atoms with Crippen LogP contribution in [0.15, 0.2) is 4.99 Å². The van der Waals surface area contributed by atoms with Crippen molar-refractivity contribution in [2.24, 2.45) is 39.9 Å². The number of amides is 14. The summed E-state index contributed by atoms with van der Waals surface area (Å²) >= 11 is 0. The summed E-state index contributed by atoms with van der Waals surface area (Å²) in [5.41, 5.74) is 16.5. The third kappa shape index (κ3) is 24.8. The first kappa shape index (κ1) is 84.6. The van der Waals surface area contributed by atoms with E-state index in [9.17, 15) is 96.8 Å². The van der Waals surface area contributed by atoms with E-state index in [0.717, 1.165) is 0 Å². The molecule has 570 valence electrons. The van der Waals surface area contributed by atoms with E-state index in [0.29, 0.717) is 32.1 Å². The molecule has 0 radical (unpaired) electrons. The zero-order valence-corrected chi connectivity index (χ0v) is 59.5. The number of hydrogen-bond donors (Lipinski definition) is 16. The summed E-state index contributed by atoms with van der Waals surface area (Å²) < 4.78 is 0. The zero-order valence-electron chi connectivity index (χ0n) is 59.5. The number of carboxylic acid groups (broad SMARTS) is 3. The lowest BCUT2D eigenvalue weighted by Crippen LogP contribution is -2.61. The van der Waals surface area contributed by atoms with Gasteiger partial charge in [-0.3, -0.25) is 81.7 Å². The molecule has 0 spiro atoms. The summed E-state index contributed by atoms with van der Waals surface area (Å²) in [6.45, 7) is 15.5. The van der Waals surface area contributed by atoms with Crippen molar-refractivity contribution in [2.75, 3.05) is 39.3 Å². The Balaban J connectivity index is 1.28. The van der Waals surface area contributed by atoms with E-state index in [-0.39, 0.29) is 83.1 Å². The number of nitrogens with one attached hydrogen (secondary N) is 10. The Bertz CT molecular complexity index is 3150. The molecule has 19 N–H and O–H groups in total. The predicted molar refractivity (Wildman–Crippen MR) is 361 cm³/mol. The normalized spacial score (nSPS) is 20.2. The molecule has 4 fully saturated rings. The molecule has 4 aliphatic rings. The minimum absolute atomic E-state index is 0.0426. The summed E-state index contributed by atoms with van der Waals surface area (Å²) in [7, 11) is 0. The van der Waals surface area contributed by atoms with Crippen molar-refractivity contribution in [1.82, 2.24) is 72.8 Å². The number of nitrogens with zero attached hydrogens (tertiary/aromatic N) is 5. The molecule has 14 atom stereocenters. The first-order valence-electron chi connectivity index (χ1n) is 34.5. The molecule has 0 aliphatic carbocycles. The highest BCUT2D eigenvalue weighted by Crippen LogP contribution is 2.25. The lowest BCUT2D eigenvalue weighted by atomic mass is 9.98. The lowest BCUT2D eigenvalue weighted by molar-refractivity contribution is -0.147. The number of aliphatic carboxylic acids is 3. The van der Waals surface area contributed by atoms with Gasteiger partial charge in [-0.25, -0.2) is 4.79 Å². The largest absolute Gasteiger partial charge is 0.481 e. The molecule has 4 saturated heterocycles. The van der Waals surface area contributed by atoms with E-state index in [2.05, 4.69) is 58.2 Å². The number of carbonyl (C=O) groups excluding carboxylic acids is 14. The van der Waals surface area contributed by atoms with E-state index in [1.165, 1.54) is 47.3 Å². The fourth-order valence-electron chi connectivity index (χ4n) is 12.3. The molecule has 4 heterocycles. The fraction of sp³-hybridized carbons (Fsp3) is 0.719. The van der Waals surface area contributed by atoms with E-state index in [1.807, 2.05) is 0 Å². The maximum absolute atomic E-state index is 14.3. The minimum Gasteiger partial charge on any atom is -0.481 e. The quantitative estimate of drug-likeness (QED) is 0.0157. The lowest BCUT2D eigenvalue weighted by Gasteiger charge is -2.33. The number of nitrogens with two attached hydrogens (primary N) is 3. The molecule has 4 rings (SSSR count). The average Bonchev–Trinajstić information content (AvgIpc) is 1.55.